The maximum atomic E-state index is 11.5. The van der Waals surface area contributed by atoms with E-state index in [1.807, 2.05) is 13.2 Å². The molecular formula is C9H16N4O. The van der Waals surface area contributed by atoms with E-state index in [4.69, 9.17) is 0 Å². The van der Waals surface area contributed by atoms with E-state index < -0.39 is 0 Å². The van der Waals surface area contributed by atoms with Crippen molar-refractivity contribution in [3.8, 4) is 0 Å². The van der Waals surface area contributed by atoms with Crippen molar-refractivity contribution in [2.75, 3.05) is 21.1 Å². The van der Waals surface area contributed by atoms with E-state index in [-0.39, 0.29) is 6.03 Å². The van der Waals surface area contributed by atoms with Gasteiger partial charge in [0.25, 0.3) is 0 Å². The Labute approximate surface area is 83.9 Å². The fourth-order valence-corrected chi connectivity index (χ4v) is 1.24. The van der Waals surface area contributed by atoms with Crippen molar-refractivity contribution in [2.45, 2.75) is 6.54 Å². The van der Waals surface area contributed by atoms with Crippen molar-refractivity contribution >= 4 is 6.03 Å². The number of aromatic nitrogens is 2. The van der Waals surface area contributed by atoms with Gasteiger partial charge < -0.3 is 9.80 Å². The lowest BCUT2D eigenvalue weighted by Gasteiger charge is -2.20. The van der Waals surface area contributed by atoms with Gasteiger partial charge in [-0.2, -0.15) is 5.10 Å². The zero-order valence-corrected chi connectivity index (χ0v) is 9.06. The van der Waals surface area contributed by atoms with Crippen molar-refractivity contribution in [2.24, 2.45) is 7.05 Å². The molecule has 5 nitrogen and oxygen atoms in total. The van der Waals surface area contributed by atoms with E-state index in [0.29, 0.717) is 6.54 Å². The van der Waals surface area contributed by atoms with Crippen LogP contribution in [0.3, 0.4) is 0 Å². The smallest absolute Gasteiger partial charge is 0.319 e. The molecule has 1 aromatic rings. The summed E-state index contributed by atoms with van der Waals surface area (Å²) in [5.74, 6) is 0. The third kappa shape index (κ3) is 2.48. The first-order chi connectivity index (χ1) is 6.50. The molecule has 0 radical (unpaired) electrons. The van der Waals surface area contributed by atoms with Crippen molar-refractivity contribution in [3.63, 3.8) is 0 Å². The average Bonchev–Trinajstić information content (AvgIpc) is 2.49. The Morgan fingerprint density at radius 2 is 2.14 bits per heavy atom. The molecule has 0 fully saturated rings. The predicted octanol–water partition coefficient (Wildman–Crippen LogP) is 0.533. The molecule has 5 heteroatoms. The first-order valence-electron chi connectivity index (χ1n) is 4.40. The van der Waals surface area contributed by atoms with Crippen LogP contribution in [0.25, 0.3) is 0 Å². The molecule has 78 valence electrons. The highest BCUT2D eigenvalue weighted by Crippen LogP contribution is 2.02. The Morgan fingerprint density at radius 3 is 2.57 bits per heavy atom. The van der Waals surface area contributed by atoms with E-state index in [1.54, 1.807) is 41.8 Å². The van der Waals surface area contributed by atoms with Crippen LogP contribution in [0.15, 0.2) is 12.4 Å². The van der Waals surface area contributed by atoms with Gasteiger partial charge in [-0.15, -0.1) is 0 Å². The number of amides is 2. The number of nitrogens with zero attached hydrogens (tertiary/aromatic N) is 4. The first-order valence-corrected chi connectivity index (χ1v) is 4.40. The highest BCUT2D eigenvalue weighted by molar-refractivity contribution is 5.73. The fraction of sp³-hybridized carbons (Fsp3) is 0.556. The van der Waals surface area contributed by atoms with Crippen molar-refractivity contribution in [1.82, 2.24) is 19.6 Å². The number of carbonyl (C=O) groups is 1. The Balaban J connectivity index is 2.57. The second-order valence-electron chi connectivity index (χ2n) is 3.56. The Morgan fingerprint density at radius 1 is 1.50 bits per heavy atom. The monoisotopic (exact) mass is 196 g/mol. The molecule has 0 aliphatic heterocycles. The maximum Gasteiger partial charge on any atom is 0.319 e. The van der Waals surface area contributed by atoms with Gasteiger partial charge >= 0.3 is 6.03 Å². The molecule has 0 spiro atoms. The molecule has 0 atom stereocenters. The second-order valence-corrected chi connectivity index (χ2v) is 3.56. The lowest BCUT2D eigenvalue weighted by atomic mass is 10.3. The molecule has 0 aliphatic carbocycles. The van der Waals surface area contributed by atoms with Crippen LogP contribution in [0.4, 0.5) is 4.79 Å². The van der Waals surface area contributed by atoms with Crippen LogP contribution in [-0.4, -0.2) is 46.8 Å². The highest BCUT2D eigenvalue weighted by atomic mass is 16.2. The molecule has 0 saturated heterocycles. The van der Waals surface area contributed by atoms with E-state index in [0.717, 1.165) is 5.56 Å². The van der Waals surface area contributed by atoms with Crippen LogP contribution in [0.1, 0.15) is 5.56 Å². The molecule has 1 heterocycles. The van der Waals surface area contributed by atoms with Crippen LogP contribution < -0.4 is 0 Å². The minimum atomic E-state index is -0.00569. The van der Waals surface area contributed by atoms with Gasteiger partial charge in [-0.3, -0.25) is 4.68 Å². The summed E-state index contributed by atoms with van der Waals surface area (Å²) in [7, 11) is 7.11. The van der Waals surface area contributed by atoms with E-state index in [2.05, 4.69) is 5.10 Å². The number of carbonyl (C=O) groups excluding carboxylic acids is 1. The summed E-state index contributed by atoms with van der Waals surface area (Å²) in [5, 5.41) is 4.04. The number of hydrogen-bond acceptors (Lipinski definition) is 2. The fourth-order valence-electron chi connectivity index (χ4n) is 1.24. The van der Waals surface area contributed by atoms with E-state index in [9.17, 15) is 4.79 Å². The number of urea groups is 1. The molecular weight excluding hydrogens is 180 g/mol. The van der Waals surface area contributed by atoms with Gasteiger partial charge in [0.05, 0.1) is 12.7 Å². The summed E-state index contributed by atoms with van der Waals surface area (Å²) in [6, 6.07) is -0.00569. The van der Waals surface area contributed by atoms with Crippen LogP contribution in [-0.2, 0) is 13.6 Å². The summed E-state index contributed by atoms with van der Waals surface area (Å²) < 4.78 is 1.73. The van der Waals surface area contributed by atoms with Crippen molar-refractivity contribution in [3.05, 3.63) is 18.0 Å². The standard InChI is InChI=1S/C9H16N4O/c1-11(2)9(14)12(3)6-8-5-10-13(4)7-8/h5,7H,6H2,1-4H3. The Hall–Kier alpha value is -1.52. The third-order valence-electron chi connectivity index (χ3n) is 1.89. The highest BCUT2D eigenvalue weighted by Gasteiger charge is 2.11. The second kappa shape index (κ2) is 4.13. The van der Waals surface area contributed by atoms with Gasteiger partial charge in [0.2, 0.25) is 0 Å². The Kier molecular flexibility index (Phi) is 3.11. The van der Waals surface area contributed by atoms with Crippen LogP contribution in [0.2, 0.25) is 0 Å². The van der Waals surface area contributed by atoms with Crippen LogP contribution in [0, 0.1) is 0 Å². The van der Waals surface area contributed by atoms with Crippen LogP contribution >= 0.6 is 0 Å². The molecule has 2 amide bonds. The molecule has 0 bridgehead atoms. The molecule has 0 aliphatic rings. The lowest BCUT2D eigenvalue weighted by Crippen LogP contribution is -2.35. The quantitative estimate of drug-likeness (QED) is 0.692. The lowest BCUT2D eigenvalue weighted by molar-refractivity contribution is 0.180. The normalized spacial score (nSPS) is 10.0. The number of hydrogen-bond donors (Lipinski definition) is 0. The SMILES string of the molecule is CN(C)C(=O)N(C)Cc1cnn(C)c1. The largest absolute Gasteiger partial charge is 0.331 e. The first kappa shape index (κ1) is 10.6. The van der Waals surface area contributed by atoms with Crippen LogP contribution in [0.5, 0.6) is 0 Å². The zero-order chi connectivity index (χ0) is 10.7. The predicted molar refractivity (Wildman–Crippen MR) is 53.8 cm³/mol. The maximum absolute atomic E-state index is 11.5. The van der Waals surface area contributed by atoms with E-state index >= 15 is 0 Å². The van der Waals surface area contributed by atoms with Gasteiger partial charge in [-0.25, -0.2) is 4.79 Å². The van der Waals surface area contributed by atoms with Gasteiger partial charge in [-0.05, 0) is 0 Å². The number of aryl methyl sites for hydroxylation is 1. The summed E-state index contributed by atoms with van der Waals surface area (Å²) in [6.45, 7) is 0.588. The topological polar surface area (TPSA) is 41.4 Å². The molecule has 0 aromatic carbocycles. The van der Waals surface area contributed by atoms with Crippen molar-refractivity contribution < 1.29 is 4.79 Å². The van der Waals surface area contributed by atoms with Gasteiger partial charge in [0.1, 0.15) is 0 Å². The summed E-state index contributed by atoms with van der Waals surface area (Å²) >= 11 is 0. The average molecular weight is 196 g/mol. The van der Waals surface area contributed by atoms with E-state index in [1.165, 1.54) is 0 Å². The number of rotatable bonds is 2. The molecule has 0 saturated carbocycles. The molecule has 0 unspecified atom stereocenters. The summed E-state index contributed by atoms with van der Waals surface area (Å²) in [4.78, 5) is 14.7. The van der Waals surface area contributed by atoms with Crippen molar-refractivity contribution in [1.29, 1.82) is 0 Å². The molecule has 0 N–H and O–H groups in total. The third-order valence-corrected chi connectivity index (χ3v) is 1.89. The zero-order valence-electron chi connectivity index (χ0n) is 9.06. The molecule has 1 rings (SSSR count). The van der Waals surface area contributed by atoms with Gasteiger partial charge in [0.15, 0.2) is 0 Å². The minimum absolute atomic E-state index is 0.00569. The summed E-state index contributed by atoms with van der Waals surface area (Å²) in [6.07, 6.45) is 3.67. The minimum Gasteiger partial charge on any atom is -0.331 e. The molecule has 14 heavy (non-hydrogen) atoms. The van der Waals surface area contributed by atoms with Gasteiger partial charge in [-0.1, -0.05) is 0 Å². The molecule has 1 aromatic heterocycles. The summed E-state index contributed by atoms with van der Waals surface area (Å²) in [5.41, 5.74) is 1.03. The Bertz CT molecular complexity index is 318. The van der Waals surface area contributed by atoms with Gasteiger partial charge in [0, 0.05) is 40.0 Å².